The number of aryl methyl sites for hydroxylation is 2. The molecule has 7 heteroatoms. The van der Waals surface area contributed by atoms with E-state index >= 15 is 0 Å². The smallest absolute Gasteiger partial charge is 0.342 e. The van der Waals surface area contributed by atoms with E-state index in [-0.39, 0.29) is 17.6 Å². The van der Waals surface area contributed by atoms with E-state index in [1.807, 2.05) is 0 Å². The number of benzene rings is 1. The van der Waals surface area contributed by atoms with Crippen LogP contribution in [0.25, 0.3) is 11.5 Å². The molecule has 0 fully saturated rings. The van der Waals surface area contributed by atoms with E-state index < -0.39 is 12.1 Å². The van der Waals surface area contributed by atoms with Crippen molar-refractivity contribution in [1.29, 1.82) is 0 Å². The molecule has 0 aliphatic carbocycles. The van der Waals surface area contributed by atoms with Gasteiger partial charge in [0, 0.05) is 5.56 Å². The minimum Gasteiger partial charge on any atom is -0.466 e. The van der Waals surface area contributed by atoms with E-state index in [0.717, 1.165) is 0 Å². The molecule has 6 nitrogen and oxygen atoms in total. The summed E-state index contributed by atoms with van der Waals surface area (Å²) in [7, 11) is 0. The van der Waals surface area contributed by atoms with Gasteiger partial charge in [0.05, 0.1) is 0 Å². The van der Waals surface area contributed by atoms with E-state index in [0.29, 0.717) is 22.6 Å². The fraction of sp³-hybridized carbons (Fsp3) is 0.235. The number of ether oxygens (including phenoxy) is 1. The predicted octanol–water partition coefficient (Wildman–Crippen LogP) is 4.00. The third kappa shape index (κ3) is 3.19. The third-order valence-electron chi connectivity index (χ3n) is 3.42. The van der Waals surface area contributed by atoms with Crippen LogP contribution in [0.3, 0.4) is 0 Å². The molecule has 2 heterocycles. The lowest BCUT2D eigenvalue weighted by atomic mass is 10.2. The summed E-state index contributed by atoms with van der Waals surface area (Å²) in [6.45, 7) is 5.07. The molecule has 0 aliphatic rings. The summed E-state index contributed by atoms with van der Waals surface area (Å²) in [5.74, 6) is 0.611. The standard InChI is InChI=1S/C17H15FN2O4/c1-9-8-14(10(2)22-9)17(21)23-11(3)15-19-20-16(24-15)12-4-6-13(18)7-5-12/h4-8,11H,1-3H3/t11-/m1/s1. The molecular formula is C17H15FN2O4. The summed E-state index contributed by atoms with van der Waals surface area (Å²) in [6.07, 6.45) is -0.728. The number of rotatable bonds is 4. The van der Waals surface area contributed by atoms with Gasteiger partial charge in [-0.2, -0.15) is 0 Å². The first-order valence-corrected chi connectivity index (χ1v) is 7.31. The molecule has 124 valence electrons. The topological polar surface area (TPSA) is 78.4 Å². The van der Waals surface area contributed by atoms with Crippen LogP contribution < -0.4 is 0 Å². The lowest BCUT2D eigenvalue weighted by Gasteiger charge is -2.08. The largest absolute Gasteiger partial charge is 0.466 e. The number of aromatic nitrogens is 2. The molecule has 0 spiro atoms. The molecule has 0 saturated heterocycles. The Hall–Kier alpha value is -2.96. The average Bonchev–Trinajstić information content (AvgIpc) is 3.14. The molecule has 0 bridgehead atoms. The Morgan fingerprint density at radius 1 is 1.17 bits per heavy atom. The molecule has 3 aromatic rings. The van der Waals surface area contributed by atoms with Crippen LogP contribution in [-0.4, -0.2) is 16.2 Å². The van der Waals surface area contributed by atoms with Crippen molar-refractivity contribution in [2.24, 2.45) is 0 Å². The van der Waals surface area contributed by atoms with Crippen molar-refractivity contribution in [3.05, 3.63) is 59.1 Å². The minimum absolute atomic E-state index is 0.153. The van der Waals surface area contributed by atoms with Crippen LogP contribution in [0.1, 0.15) is 40.8 Å². The van der Waals surface area contributed by atoms with Crippen molar-refractivity contribution >= 4 is 5.97 Å². The maximum atomic E-state index is 12.9. The second-order valence-electron chi connectivity index (χ2n) is 5.33. The zero-order valence-corrected chi connectivity index (χ0v) is 13.4. The summed E-state index contributed by atoms with van der Waals surface area (Å²) >= 11 is 0. The van der Waals surface area contributed by atoms with E-state index in [9.17, 15) is 9.18 Å². The Kier molecular flexibility index (Phi) is 4.16. The van der Waals surface area contributed by atoms with Crippen LogP contribution in [-0.2, 0) is 4.74 Å². The maximum Gasteiger partial charge on any atom is 0.342 e. The van der Waals surface area contributed by atoms with E-state index in [1.165, 1.54) is 24.3 Å². The Bertz CT molecular complexity index is 867. The van der Waals surface area contributed by atoms with Crippen molar-refractivity contribution in [2.75, 3.05) is 0 Å². The number of hydrogen-bond donors (Lipinski definition) is 0. The predicted molar refractivity (Wildman–Crippen MR) is 81.7 cm³/mol. The highest BCUT2D eigenvalue weighted by atomic mass is 19.1. The monoisotopic (exact) mass is 330 g/mol. The molecule has 0 aliphatic heterocycles. The van der Waals surface area contributed by atoms with Crippen molar-refractivity contribution in [1.82, 2.24) is 10.2 Å². The Morgan fingerprint density at radius 3 is 2.50 bits per heavy atom. The number of nitrogens with zero attached hydrogens (tertiary/aromatic N) is 2. The summed E-state index contributed by atoms with van der Waals surface area (Å²) in [5.41, 5.74) is 0.938. The maximum absolute atomic E-state index is 12.9. The van der Waals surface area contributed by atoms with Crippen molar-refractivity contribution in [3.8, 4) is 11.5 Å². The van der Waals surface area contributed by atoms with Gasteiger partial charge in [-0.1, -0.05) is 0 Å². The quantitative estimate of drug-likeness (QED) is 0.673. The molecule has 0 N–H and O–H groups in total. The summed E-state index contributed by atoms with van der Waals surface area (Å²) in [5, 5.41) is 7.77. The number of carbonyl (C=O) groups is 1. The van der Waals surface area contributed by atoms with Crippen LogP contribution in [0.15, 0.2) is 39.2 Å². The highest BCUT2D eigenvalue weighted by molar-refractivity contribution is 5.90. The fourth-order valence-electron chi connectivity index (χ4n) is 2.22. The van der Waals surface area contributed by atoms with Gasteiger partial charge in [-0.25, -0.2) is 9.18 Å². The first kappa shape index (κ1) is 15.9. The Labute approximate surface area is 137 Å². The minimum atomic E-state index is -0.728. The third-order valence-corrected chi connectivity index (χ3v) is 3.42. The normalized spacial score (nSPS) is 12.2. The first-order valence-electron chi connectivity index (χ1n) is 7.31. The van der Waals surface area contributed by atoms with E-state index in [1.54, 1.807) is 26.8 Å². The van der Waals surface area contributed by atoms with E-state index in [4.69, 9.17) is 13.6 Å². The lowest BCUT2D eigenvalue weighted by molar-refractivity contribution is 0.0278. The van der Waals surface area contributed by atoms with Crippen LogP contribution in [0.4, 0.5) is 4.39 Å². The van der Waals surface area contributed by atoms with Gasteiger partial charge in [0.15, 0.2) is 6.10 Å². The molecule has 3 rings (SSSR count). The van der Waals surface area contributed by atoms with Crippen LogP contribution >= 0.6 is 0 Å². The van der Waals surface area contributed by atoms with Crippen molar-refractivity contribution in [3.63, 3.8) is 0 Å². The number of halogens is 1. The number of carbonyl (C=O) groups excluding carboxylic acids is 1. The SMILES string of the molecule is Cc1cc(C(=O)O[C@H](C)c2nnc(-c3ccc(F)cc3)o2)c(C)o1. The molecule has 1 atom stereocenters. The number of esters is 1. The summed E-state index contributed by atoms with van der Waals surface area (Å²) in [6, 6.07) is 7.27. The van der Waals surface area contributed by atoms with Gasteiger partial charge in [0.2, 0.25) is 5.89 Å². The number of furan rings is 1. The second kappa shape index (κ2) is 6.27. The zero-order chi connectivity index (χ0) is 17.3. The molecule has 0 unspecified atom stereocenters. The fourth-order valence-corrected chi connectivity index (χ4v) is 2.22. The summed E-state index contributed by atoms with van der Waals surface area (Å²) < 4.78 is 29.1. The Morgan fingerprint density at radius 2 is 1.88 bits per heavy atom. The lowest BCUT2D eigenvalue weighted by Crippen LogP contribution is -2.09. The Balaban J connectivity index is 1.74. The van der Waals surface area contributed by atoms with Gasteiger partial charge >= 0.3 is 5.97 Å². The molecule has 2 aromatic heterocycles. The van der Waals surface area contributed by atoms with Crippen LogP contribution in [0, 0.1) is 19.7 Å². The zero-order valence-electron chi connectivity index (χ0n) is 13.4. The first-order chi connectivity index (χ1) is 11.4. The van der Waals surface area contributed by atoms with Crippen molar-refractivity contribution < 1.29 is 22.8 Å². The molecule has 1 aromatic carbocycles. The van der Waals surface area contributed by atoms with Crippen molar-refractivity contribution in [2.45, 2.75) is 26.9 Å². The molecule has 0 radical (unpaired) electrons. The number of hydrogen-bond acceptors (Lipinski definition) is 6. The van der Waals surface area contributed by atoms with Gasteiger partial charge in [-0.3, -0.25) is 0 Å². The van der Waals surface area contributed by atoms with E-state index in [2.05, 4.69) is 10.2 Å². The van der Waals surface area contributed by atoms with Gasteiger partial charge in [0.1, 0.15) is 22.9 Å². The second-order valence-corrected chi connectivity index (χ2v) is 5.33. The summed E-state index contributed by atoms with van der Waals surface area (Å²) in [4.78, 5) is 12.2. The van der Waals surface area contributed by atoms with Gasteiger partial charge in [-0.05, 0) is 51.1 Å². The molecule has 0 amide bonds. The van der Waals surface area contributed by atoms with Crippen LogP contribution in [0.2, 0.25) is 0 Å². The molecule has 24 heavy (non-hydrogen) atoms. The average molecular weight is 330 g/mol. The molecular weight excluding hydrogens is 315 g/mol. The highest BCUT2D eigenvalue weighted by Gasteiger charge is 2.22. The van der Waals surface area contributed by atoms with Gasteiger partial charge < -0.3 is 13.6 Å². The molecule has 0 saturated carbocycles. The van der Waals surface area contributed by atoms with Crippen LogP contribution in [0.5, 0.6) is 0 Å². The van der Waals surface area contributed by atoms with Gasteiger partial charge in [-0.15, -0.1) is 10.2 Å². The van der Waals surface area contributed by atoms with Gasteiger partial charge in [0.25, 0.3) is 5.89 Å². The highest BCUT2D eigenvalue weighted by Crippen LogP contribution is 2.24.